The van der Waals surface area contributed by atoms with Crippen LogP contribution >= 0.6 is 0 Å². The third-order valence-corrected chi connectivity index (χ3v) is 5.76. The second-order valence-electron chi connectivity index (χ2n) is 6.85. The summed E-state index contributed by atoms with van der Waals surface area (Å²) in [6.07, 6.45) is 5.42. The lowest BCUT2D eigenvalue weighted by Crippen LogP contribution is -2.22. The molecule has 3 aromatic rings. The Morgan fingerprint density at radius 2 is 1.93 bits per heavy atom. The van der Waals surface area contributed by atoms with Crippen LogP contribution in [0.5, 0.6) is 0 Å². The molecule has 4 rings (SSSR count). The standard InChI is InChI=1S/C19H18FN7O2S/c1-10-7-11(2)25-19(24-10)30(21,29)27-18(28)26-17-13-3-4-16(13)23-8-14(17)12-5-6-22-9-15(12)20/h5-9H,3-4H2,1-2H3,(H3,21,23,26,27,28,29). The van der Waals surface area contributed by atoms with Crippen LogP contribution in [0.15, 0.2) is 40.2 Å². The van der Waals surface area contributed by atoms with Crippen LogP contribution in [-0.4, -0.2) is 30.2 Å². The topological polar surface area (TPSA) is 136 Å². The minimum absolute atomic E-state index is 0.224. The lowest BCUT2D eigenvalue weighted by Gasteiger charge is -2.24. The van der Waals surface area contributed by atoms with Crippen LogP contribution in [0.1, 0.15) is 22.6 Å². The zero-order valence-corrected chi connectivity index (χ0v) is 17.0. The van der Waals surface area contributed by atoms with Gasteiger partial charge in [-0.2, -0.15) is 0 Å². The Kier molecular flexibility index (Phi) is 5.00. The van der Waals surface area contributed by atoms with Gasteiger partial charge >= 0.3 is 6.03 Å². The zero-order valence-electron chi connectivity index (χ0n) is 16.2. The number of nitrogens with two attached hydrogens (primary N) is 1. The third-order valence-electron chi connectivity index (χ3n) is 4.62. The van der Waals surface area contributed by atoms with Gasteiger partial charge in [-0.05, 0) is 44.4 Å². The molecule has 3 heterocycles. The number of rotatable bonds is 3. The molecular formula is C19H18FN7O2S. The predicted octanol–water partition coefficient (Wildman–Crippen LogP) is 2.72. The molecule has 1 atom stereocenters. The zero-order chi connectivity index (χ0) is 21.5. The molecule has 30 heavy (non-hydrogen) atoms. The van der Waals surface area contributed by atoms with E-state index in [4.69, 9.17) is 5.14 Å². The molecule has 3 N–H and O–H groups in total. The number of carbonyl (C=O) groups is 1. The van der Waals surface area contributed by atoms with Crippen molar-refractivity contribution in [3.05, 3.63) is 59.2 Å². The Labute approximate surface area is 172 Å². The third kappa shape index (κ3) is 3.76. The highest BCUT2D eigenvalue weighted by molar-refractivity contribution is 7.91. The highest BCUT2D eigenvalue weighted by Gasteiger charge is 2.25. The summed E-state index contributed by atoms with van der Waals surface area (Å²) < 4.78 is 30.7. The number of carbonyl (C=O) groups excluding carboxylic acids is 1. The number of amides is 2. The van der Waals surface area contributed by atoms with Gasteiger partial charge in [-0.1, -0.05) is 0 Å². The second kappa shape index (κ2) is 7.50. The predicted molar refractivity (Wildman–Crippen MR) is 108 cm³/mol. The Balaban J connectivity index is 1.74. The summed E-state index contributed by atoms with van der Waals surface area (Å²) in [5.41, 5.74) is 3.65. The fourth-order valence-electron chi connectivity index (χ4n) is 3.20. The average Bonchev–Trinajstić information content (AvgIpc) is 2.62. The number of halogens is 1. The van der Waals surface area contributed by atoms with E-state index in [9.17, 15) is 13.4 Å². The van der Waals surface area contributed by atoms with Gasteiger partial charge in [-0.3, -0.25) is 9.97 Å². The van der Waals surface area contributed by atoms with E-state index in [-0.39, 0.29) is 10.7 Å². The minimum Gasteiger partial charge on any atom is -0.305 e. The van der Waals surface area contributed by atoms with Crippen LogP contribution in [0.4, 0.5) is 14.9 Å². The number of anilines is 1. The Bertz CT molecular complexity index is 1280. The molecule has 0 aromatic carbocycles. The van der Waals surface area contributed by atoms with Crippen molar-refractivity contribution in [2.75, 3.05) is 5.32 Å². The summed E-state index contributed by atoms with van der Waals surface area (Å²) in [5.74, 6) is -0.558. The molecule has 2 amide bonds. The van der Waals surface area contributed by atoms with Crippen molar-refractivity contribution in [1.29, 1.82) is 0 Å². The van der Waals surface area contributed by atoms with Gasteiger partial charge in [0, 0.05) is 40.6 Å². The maximum atomic E-state index is 14.3. The Hall–Kier alpha value is -3.31. The minimum atomic E-state index is -3.67. The van der Waals surface area contributed by atoms with Crippen LogP contribution in [-0.2, 0) is 22.8 Å². The van der Waals surface area contributed by atoms with Crippen LogP contribution in [0, 0.1) is 19.7 Å². The van der Waals surface area contributed by atoms with Gasteiger partial charge in [-0.15, -0.1) is 4.36 Å². The van der Waals surface area contributed by atoms with E-state index in [1.807, 2.05) is 0 Å². The van der Waals surface area contributed by atoms with Crippen molar-refractivity contribution >= 4 is 21.6 Å². The Morgan fingerprint density at radius 3 is 2.57 bits per heavy atom. The fraction of sp³-hybridized carbons (Fsp3) is 0.211. The molecule has 1 aliphatic rings. The van der Waals surface area contributed by atoms with Crippen molar-refractivity contribution in [1.82, 2.24) is 19.9 Å². The maximum absolute atomic E-state index is 14.3. The van der Waals surface area contributed by atoms with Gasteiger partial charge in [0.25, 0.3) is 0 Å². The summed E-state index contributed by atoms with van der Waals surface area (Å²) in [6.45, 7) is 3.39. The molecule has 0 saturated heterocycles. The van der Waals surface area contributed by atoms with Crippen molar-refractivity contribution in [3.8, 4) is 11.1 Å². The lowest BCUT2D eigenvalue weighted by atomic mass is 9.89. The number of fused-ring (bicyclic) bond motifs is 1. The highest BCUT2D eigenvalue weighted by atomic mass is 32.2. The van der Waals surface area contributed by atoms with Crippen molar-refractivity contribution in [2.45, 2.75) is 31.8 Å². The molecule has 0 fully saturated rings. The molecule has 11 heteroatoms. The molecule has 0 spiro atoms. The van der Waals surface area contributed by atoms with E-state index in [0.717, 1.165) is 23.9 Å². The van der Waals surface area contributed by atoms with Gasteiger partial charge in [-0.25, -0.2) is 28.5 Å². The molecule has 0 bridgehead atoms. The largest absolute Gasteiger partial charge is 0.355 e. The Morgan fingerprint density at radius 1 is 1.20 bits per heavy atom. The first-order valence-electron chi connectivity index (χ1n) is 9.03. The molecule has 0 saturated carbocycles. The van der Waals surface area contributed by atoms with E-state index < -0.39 is 21.8 Å². The SMILES string of the molecule is Cc1cc(C)nc(S(N)(=O)=NC(=O)Nc2c(-c3ccncc3F)cnc3c2CC3)n1. The summed E-state index contributed by atoms with van der Waals surface area (Å²) in [4.78, 5) is 28.7. The van der Waals surface area contributed by atoms with Gasteiger partial charge < -0.3 is 5.32 Å². The van der Waals surface area contributed by atoms with Crippen molar-refractivity contribution in [3.63, 3.8) is 0 Å². The molecule has 1 aliphatic carbocycles. The molecule has 3 aromatic heterocycles. The lowest BCUT2D eigenvalue weighted by molar-refractivity contribution is 0.260. The fourth-order valence-corrected chi connectivity index (χ4v) is 4.13. The maximum Gasteiger partial charge on any atom is 0.355 e. The smallest absolute Gasteiger partial charge is 0.305 e. The van der Waals surface area contributed by atoms with E-state index >= 15 is 0 Å². The summed E-state index contributed by atoms with van der Waals surface area (Å²) >= 11 is 0. The number of urea groups is 1. The number of nitrogens with one attached hydrogen (secondary N) is 1. The van der Waals surface area contributed by atoms with Gasteiger partial charge in [0.2, 0.25) is 5.16 Å². The average molecular weight is 427 g/mol. The number of hydrogen-bond acceptors (Lipinski definition) is 6. The summed E-state index contributed by atoms with van der Waals surface area (Å²) in [5, 5.41) is 8.16. The molecular weight excluding hydrogens is 409 g/mol. The van der Waals surface area contributed by atoms with E-state index in [1.165, 1.54) is 18.5 Å². The summed E-state index contributed by atoms with van der Waals surface area (Å²) in [7, 11) is -3.67. The monoisotopic (exact) mass is 427 g/mol. The van der Waals surface area contributed by atoms with Gasteiger partial charge in [0.15, 0.2) is 9.92 Å². The normalized spacial score (nSPS) is 14.3. The molecule has 154 valence electrons. The first kappa shape index (κ1) is 20.0. The number of pyridine rings is 2. The van der Waals surface area contributed by atoms with Crippen LogP contribution in [0.25, 0.3) is 11.1 Å². The highest BCUT2D eigenvalue weighted by Crippen LogP contribution is 2.37. The molecule has 1 unspecified atom stereocenters. The van der Waals surface area contributed by atoms with Crippen molar-refractivity contribution in [2.24, 2.45) is 9.50 Å². The van der Waals surface area contributed by atoms with Crippen molar-refractivity contribution < 1.29 is 13.4 Å². The molecule has 9 nitrogen and oxygen atoms in total. The van der Waals surface area contributed by atoms with Gasteiger partial charge in [0.1, 0.15) is 5.82 Å². The quantitative estimate of drug-likeness (QED) is 0.617. The number of hydrogen-bond donors (Lipinski definition) is 2. The second-order valence-corrected chi connectivity index (χ2v) is 8.54. The van der Waals surface area contributed by atoms with E-state index in [0.29, 0.717) is 29.1 Å². The number of aryl methyl sites for hydroxylation is 3. The van der Waals surface area contributed by atoms with Crippen LogP contribution in [0.2, 0.25) is 0 Å². The molecule has 0 radical (unpaired) electrons. The number of nitrogens with zero attached hydrogens (tertiary/aromatic N) is 5. The van der Waals surface area contributed by atoms with Crippen LogP contribution in [0.3, 0.4) is 0 Å². The first-order valence-corrected chi connectivity index (χ1v) is 10.6. The van der Waals surface area contributed by atoms with E-state index in [1.54, 1.807) is 19.9 Å². The van der Waals surface area contributed by atoms with Gasteiger partial charge in [0.05, 0.1) is 11.9 Å². The first-order chi connectivity index (χ1) is 14.2. The number of aromatic nitrogens is 4. The van der Waals surface area contributed by atoms with E-state index in [2.05, 4.69) is 29.6 Å². The van der Waals surface area contributed by atoms with Crippen LogP contribution < -0.4 is 10.5 Å². The molecule has 0 aliphatic heterocycles. The summed E-state index contributed by atoms with van der Waals surface area (Å²) in [6, 6.07) is 2.23.